The summed E-state index contributed by atoms with van der Waals surface area (Å²) in [6, 6.07) is 14.2. The molecule has 1 aliphatic rings. The highest BCUT2D eigenvalue weighted by molar-refractivity contribution is 7.21. The number of aryl methyl sites for hydroxylation is 3. The average molecular weight is 487 g/mol. The van der Waals surface area contributed by atoms with E-state index in [4.69, 9.17) is 4.98 Å². The lowest BCUT2D eigenvalue weighted by atomic mass is 10.1. The summed E-state index contributed by atoms with van der Waals surface area (Å²) in [7, 11) is 0. The number of carboxylic acid groups (broad SMARTS) is 1. The molecule has 4 aromatic rings. The first kappa shape index (κ1) is 22.6. The number of hydrogen-bond acceptors (Lipinski definition) is 7. The highest BCUT2D eigenvalue weighted by Gasteiger charge is 2.37. The smallest absolute Gasteiger partial charge is 0.327 e. The van der Waals surface area contributed by atoms with Gasteiger partial charge in [-0.3, -0.25) is 15.0 Å². The number of carbonyl (C=O) groups excluding carboxylic acids is 1. The summed E-state index contributed by atoms with van der Waals surface area (Å²) in [5, 5.41) is 13.4. The Labute approximate surface area is 205 Å². The quantitative estimate of drug-likeness (QED) is 0.445. The van der Waals surface area contributed by atoms with E-state index in [0.717, 1.165) is 32.2 Å². The molecule has 176 valence electrons. The fourth-order valence-corrected chi connectivity index (χ4v) is 5.07. The number of fused-ring (bicyclic) bond motifs is 1. The van der Waals surface area contributed by atoms with Crippen LogP contribution < -0.4 is 10.2 Å². The highest BCUT2D eigenvalue weighted by atomic mass is 32.1. The Hall–Kier alpha value is -4.18. The molecule has 35 heavy (non-hydrogen) atoms. The molecule has 2 aromatic carbocycles. The third kappa shape index (κ3) is 4.60. The van der Waals surface area contributed by atoms with Gasteiger partial charge >= 0.3 is 5.97 Å². The molecule has 10 heteroatoms. The number of amides is 1. The van der Waals surface area contributed by atoms with Crippen molar-refractivity contribution >= 4 is 51.0 Å². The van der Waals surface area contributed by atoms with Crippen molar-refractivity contribution in [2.75, 3.05) is 4.90 Å². The topological polar surface area (TPSA) is 121 Å². The molecule has 2 N–H and O–H groups in total. The summed E-state index contributed by atoms with van der Waals surface area (Å²) in [4.78, 5) is 43.6. The van der Waals surface area contributed by atoms with Gasteiger partial charge in [0, 0.05) is 22.6 Å². The fraction of sp³-hybridized carbons (Fsp3) is 0.200. The molecule has 9 nitrogen and oxygen atoms in total. The van der Waals surface area contributed by atoms with E-state index in [2.05, 4.69) is 26.3 Å². The van der Waals surface area contributed by atoms with Crippen LogP contribution in [0.3, 0.4) is 0 Å². The van der Waals surface area contributed by atoms with E-state index in [1.165, 1.54) is 10.5 Å². The SMILES string of the molecule is Cc1ccc2nc(-c3ccc(N4/C(=N/c5nc(C)cc(C)n5)NC(=O)C[C@H]4C(=O)O)cc3)sc2c1. The number of nitrogens with zero attached hydrogens (tertiary/aromatic N) is 5. The number of anilines is 1. The maximum Gasteiger partial charge on any atom is 0.327 e. The van der Waals surface area contributed by atoms with Gasteiger partial charge in [-0.2, -0.15) is 4.99 Å². The van der Waals surface area contributed by atoms with E-state index in [0.29, 0.717) is 5.69 Å². The molecule has 0 unspecified atom stereocenters. The lowest BCUT2D eigenvalue weighted by Gasteiger charge is -2.35. The van der Waals surface area contributed by atoms with E-state index in [1.807, 2.05) is 51.1 Å². The maximum absolute atomic E-state index is 12.3. The van der Waals surface area contributed by atoms with Crippen molar-refractivity contribution in [2.45, 2.75) is 33.2 Å². The second-order valence-electron chi connectivity index (χ2n) is 8.40. The number of carboxylic acids is 1. The maximum atomic E-state index is 12.3. The molecule has 1 aliphatic heterocycles. The Morgan fingerprint density at radius 1 is 1.06 bits per heavy atom. The molecule has 0 aliphatic carbocycles. The van der Waals surface area contributed by atoms with Crippen molar-refractivity contribution < 1.29 is 14.7 Å². The molecule has 1 amide bonds. The molecule has 2 aromatic heterocycles. The molecule has 0 radical (unpaired) electrons. The van der Waals surface area contributed by atoms with Gasteiger partial charge in [-0.1, -0.05) is 6.07 Å². The van der Waals surface area contributed by atoms with Crippen molar-refractivity contribution in [3.63, 3.8) is 0 Å². The van der Waals surface area contributed by atoms with E-state index in [-0.39, 0.29) is 18.3 Å². The number of aromatic nitrogens is 3. The predicted octanol–water partition coefficient (Wildman–Crippen LogP) is 4.15. The third-order valence-electron chi connectivity index (χ3n) is 5.57. The number of aliphatic carboxylic acids is 1. The first-order chi connectivity index (χ1) is 16.8. The van der Waals surface area contributed by atoms with E-state index >= 15 is 0 Å². The van der Waals surface area contributed by atoms with Crippen molar-refractivity contribution in [2.24, 2.45) is 4.99 Å². The van der Waals surface area contributed by atoms with Crippen molar-refractivity contribution in [3.8, 4) is 10.6 Å². The predicted molar refractivity (Wildman–Crippen MR) is 135 cm³/mol. The van der Waals surface area contributed by atoms with E-state index in [9.17, 15) is 14.7 Å². The summed E-state index contributed by atoms with van der Waals surface area (Å²) in [6.07, 6.45) is -0.207. The molecular weight excluding hydrogens is 464 g/mol. The number of nitrogens with one attached hydrogen (secondary N) is 1. The highest BCUT2D eigenvalue weighted by Crippen LogP contribution is 2.32. The number of thiazole rings is 1. The van der Waals surface area contributed by atoms with Gasteiger partial charge < -0.3 is 5.11 Å². The molecular formula is C25H22N6O3S. The van der Waals surface area contributed by atoms with Gasteiger partial charge in [0.25, 0.3) is 5.95 Å². The molecule has 1 fully saturated rings. The average Bonchev–Trinajstić information content (AvgIpc) is 3.21. The van der Waals surface area contributed by atoms with Crippen LogP contribution in [0.4, 0.5) is 11.6 Å². The molecule has 1 saturated heterocycles. The van der Waals surface area contributed by atoms with Crippen molar-refractivity contribution in [1.29, 1.82) is 0 Å². The van der Waals surface area contributed by atoms with Crippen LogP contribution in [0.2, 0.25) is 0 Å². The summed E-state index contributed by atoms with van der Waals surface area (Å²) < 4.78 is 1.11. The van der Waals surface area contributed by atoms with Gasteiger partial charge in [0.2, 0.25) is 11.9 Å². The summed E-state index contributed by atoms with van der Waals surface area (Å²) in [5.41, 5.74) is 5.03. The zero-order valence-corrected chi connectivity index (χ0v) is 20.1. The zero-order valence-electron chi connectivity index (χ0n) is 19.3. The number of aliphatic imine (C=N–C) groups is 1. The Morgan fingerprint density at radius 2 is 1.77 bits per heavy atom. The minimum Gasteiger partial charge on any atom is -0.480 e. The van der Waals surface area contributed by atoms with Crippen LogP contribution in [0.1, 0.15) is 23.4 Å². The van der Waals surface area contributed by atoms with Crippen LogP contribution in [-0.4, -0.2) is 43.9 Å². The van der Waals surface area contributed by atoms with E-state index < -0.39 is 17.9 Å². The van der Waals surface area contributed by atoms with Crippen LogP contribution in [0, 0.1) is 20.8 Å². The van der Waals surface area contributed by atoms with Crippen LogP contribution in [0.15, 0.2) is 53.5 Å². The zero-order chi connectivity index (χ0) is 24.7. The minimum atomic E-state index is -1.13. The summed E-state index contributed by atoms with van der Waals surface area (Å²) in [6.45, 7) is 5.68. The van der Waals surface area contributed by atoms with Crippen molar-refractivity contribution in [3.05, 3.63) is 65.5 Å². The Bertz CT molecular complexity index is 1470. The lowest BCUT2D eigenvalue weighted by Crippen LogP contribution is -2.58. The Kier molecular flexibility index (Phi) is 5.73. The normalized spacial score (nSPS) is 17.1. The first-order valence-electron chi connectivity index (χ1n) is 11.0. The summed E-state index contributed by atoms with van der Waals surface area (Å²) in [5.74, 6) is -1.34. The van der Waals surface area contributed by atoms with Gasteiger partial charge in [0.15, 0.2) is 0 Å². The molecule has 0 spiro atoms. The number of benzene rings is 2. The largest absolute Gasteiger partial charge is 0.480 e. The second kappa shape index (κ2) is 8.88. The van der Waals surface area contributed by atoms with Gasteiger partial charge in [-0.15, -0.1) is 11.3 Å². The second-order valence-corrected chi connectivity index (χ2v) is 9.43. The standard InChI is InChI=1S/C25H22N6O3S/c1-13-4-9-18-20(10-13)35-22(28-18)16-5-7-17(8-6-16)31-19(23(33)34)12-21(32)29-25(31)30-24-26-14(2)11-15(3)27-24/h4-11,19H,12H2,1-3H3,(H,33,34)(H,26,27,29,30,32)/t19-/m0/s1. The Balaban J connectivity index is 1.54. The van der Waals surface area contributed by atoms with Crippen molar-refractivity contribution in [1.82, 2.24) is 20.3 Å². The summed E-state index contributed by atoms with van der Waals surface area (Å²) >= 11 is 1.60. The van der Waals surface area contributed by atoms with E-state index in [1.54, 1.807) is 23.5 Å². The molecule has 0 saturated carbocycles. The monoisotopic (exact) mass is 486 g/mol. The fourth-order valence-electron chi connectivity index (χ4n) is 4.00. The molecule has 0 bridgehead atoms. The minimum absolute atomic E-state index is 0.0712. The van der Waals surface area contributed by atoms with Gasteiger partial charge in [-0.05, 0) is 68.8 Å². The third-order valence-corrected chi connectivity index (χ3v) is 6.63. The van der Waals surface area contributed by atoms with Crippen LogP contribution in [0.5, 0.6) is 0 Å². The number of rotatable bonds is 4. The van der Waals surface area contributed by atoms with Crippen LogP contribution in [0.25, 0.3) is 20.8 Å². The number of guanidine groups is 1. The first-order valence-corrected chi connectivity index (χ1v) is 11.8. The van der Waals surface area contributed by atoms with Crippen LogP contribution >= 0.6 is 11.3 Å². The Morgan fingerprint density at radius 3 is 2.46 bits per heavy atom. The molecule has 1 atom stereocenters. The molecule has 5 rings (SSSR count). The lowest BCUT2D eigenvalue weighted by molar-refractivity contribution is -0.140. The number of carbonyl (C=O) groups is 2. The molecule has 3 heterocycles. The van der Waals surface area contributed by atoms with Gasteiger partial charge in [0.1, 0.15) is 11.0 Å². The van der Waals surface area contributed by atoms with Crippen LogP contribution in [-0.2, 0) is 9.59 Å². The van der Waals surface area contributed by atoms with Gasteiger partial charge in [0.05, 0.1) is 16.6 Å². The number of hydrogen-bond donors (Lipinski definition) is 2. The van der Waals surface area contributed by atoms with Gasteiger partial charge in [-0.25, -0.2) is 19.7 Å².